The normalized spacial score (nSPS) is 29.0. The van der Waals surface area contributed by atoms with Crippen molar-refractivity contribution in [2.45, 2.75) is 168 Å². The third-order valence-electron chi connectivity index (χ3n) is 11.0. The summed E-state index contributed by atoms with van der Waals surface area (Å²) >= 11 is 0. The van der Waals surface area contributed by atoms with Gasteiger partial charge in [-0.2, -0.15) is 13.2 Å². The second-order valence-electron chi connectivity index (χ2n) is 18.2. The van der Waals surface area contributed by atoms with E-state index in [1.165, 1.54) is 7.11 Å². The summed E-state index contributed by atoms with van der Waals surface area (Å²) in [4.78, 5) is 14.0. The van der Waals surface area contributed by atoms with Crippen LogP contribution < -0.4 is 0 Å². The molecule has 0 radical (unpaired) electrons. The summed E-state index contributed by atoms with van der Waals surface area (Å²) < 4.78 is 95.5. The van der Waals surface area contributed by atoms with Crippen LogP contribution in [0.15, 0.2) is 58.7 Å². The molecule has 0 bridgehead atoms. The van der Waals surface area contributed by atoms with Gasteiger partial charge in [0.05, 0.1) is 24.9 Å². The molecule has 0 saturated carbocycles. The number of methoxy groups -OCH3 is 1. The number of alkyl halides is 3. The van der Waals surface area contributed by atoms with Gasteiger partial charge in [-0.1, -0.05) is 95.6 Å². The number of cyclic esters (lactones) is 1. The summed E-state index contributed by atoms with van der Waals surface area (Å²) in [7, 11) is -9.28. The van der Waals surface area contributed by atoms with E-state index in [1.807, 2.05) is 79.8 Å². The molecule has 1 N–H and O–H groups in total. The lowest BCUT2D eigenvalue weighted by molar-refractivity contribution is -0.156. The average Bonchev–Trinajstić information content (AvgIpc) is 3.02. The van der Waals surface area contributed by atoms with Gasteiger partial charge in [-0.3, -0.25) is 0 Å². The number of carbonyl (C=O) groups is 1. The smallest absolute Gasteiger partial charge is 0.456 e. The van der Waals surface area contributed by atoms with Crippen LogP contribution in [-0.4, -0.2) is 91.8 Å². The predicted molar refractivity (Wildman–Crippen MR) is 224 cm³/mol. The molecule has 1 heterocycles. The summed E-state index contributed by atoms with van der Waals surface area (Å²) in [5, 5.41) is 10.3. The summed E-state index contributed by atoms with van der Waals surface area (Å²) in [5.74, 6) is -2.51. The van der Waals surface area contributed by atoms with Crippen molar-refractivity contribution in [3.8, 4) is 0 Å². The molecule has 9 nitrogen and oxygen atoms in total. The van der Waals surface area contributed by atoms with Crippen LogP contribution in [0.4, 0.5) is 13.2 Å². The van der Waals surface area contributed by atoms with Crippen LogP contribution >= 0.6 is 0 Å². The number of carbonyl (C=O) groups excluding carboxylic acids is 1. The van der Waals surface area contributed by atoms with Crippen molar-refractivity contribution >= 4 is 32.4 Å². The molecule has 1 rings (SSSR count). The molecule has 0 aliphatic carbocycles. The maximum absolute atomic E-state index is 14.0. The lowest BCUT2D eigenvalue weighted by atomic mass is 9.98. The minimum absolute atomic E-state index is 0.00677. The Bertz CT molecular complexity index is 1570. The summed E-state index contributed by atoms with van der Waals surface area (Å²) in [6.07, 6.45) is 8.07. The number of aliphatic hydroxyl groups excluding tert-OH is 1. The number of rotatable bonds is 10. The zero-order chi connectivity index (χ0) is 43.7. The van der Waals surface area contributed by atoms with Gasteiger partial charge in [0.25, 0.3) is 9.84 Å². The highest BCUT2D eigenvalue weighted by molar-refractivity contribution is 7.92. The van der Waals surface area contributed by atoms with Gasteiger partial charge in [-0.25, -0.2) is 13.2 Å². The maximum Gasteiger partial charge on any atom is 0.499 e. The number of esters is 1. The second-order valence-corrected chi connectivity index (χ2v) is 29.6. The number of hydrogen-bond acceptors (Lipinski definition) is 9. The molecule has 6 atom stereocenters. The number of halogens is 3. The van der Waals surface area contributed by atoms with Crippen molar-refractivity contribution < 1.29 is 54.6 Å². The fourth-order valence-corrected chi connectivity index (χ4v) is 8.62. The molecule has 324 valence electrons. The highest BCUT2D eigenvalue weighted by Crippen LogP contribution is 2.40. The molecule has 15 heteroatoms. The van der Waals surface area contributed by atoms with Crippen molar-refractivity contribution in [1.29, 1.82) is 0 Å². The van der Waals surface area contributed by atoms with E-state index >= 15 is 0 Å². The molecular formula is C41H71F3O9SSi2. The molecule has 0 unspecified atom stereocenters. The Hall–Kier alpha value is -1.86. The van der Waals surface area contributed by atoms with Crippen LogP contribution in [-0.2, 0) is 37.7 Å². The Balaban J connectivity index is 4.05. The Morgan fingerprint density at radius 1 is 0.911 bits per heavy atom. The maximum atomic E-state index is 14.0. The molecule has 0 amide bonds. The SMILES string of the molecule is CO[C@H]1C[C@@H]([C@H](COCS(=O)(=O)C(F)(F)F)O[Si](C)(C)C(C)(C)C)OC(=O)/C(C)=C/C(C)=C/C(C)=C/[C@@H](C)[C@H](O)/C=C/C(C)=C/CC[C@@H]1O[Si](C)(C)C(C)(C)C. The minimum Gasteiger partial charge on any atom is -0.456 e. The Morgan fingerprint density at radius 2 is 1.48 bits per heavy atom. The molecule has 0 aromatic heterocycles. The fraction of sp³-hybridized carbons (Fsp3) is 0.732. The van der Waals surface area contributed by atoms with Crippen molar-refractivity contribution in [3.05, 3.63) is 58.7 Å². The Morgan fingerprint density at radius 3 is 2.00 bits per heavy atom. The van der Waals surface area contributed by atoms with Gasteiger partial charge in [0.15, 0.2) is 22.6 Å². The van der Waals surface area contributed by atoms with Crippen LogP contribution in [0.25, 0.3) is 0 Å². The largest absolute Gasteiger partial charge is 0.499 e. The van der Waals surface area contributed by atoms with E-state index in [0.29, 0.717) is 12.8 Å². The summed E-state index contributed by atoms with van der Waals surface area (Å²) in [5.41, 5.74) is -2.70. The summed E-state index contributed by atoms with van der Waals surface area (Å²) in [6.45, 7) is 29.0. The Labute approximate surface area is 338 Å². The number of ether oxygens (including phenoxy) is 3. The van der Waals surface area contributed by atoms with Gasteiger partial charge in [0.1, 0.15) is 12.2 Å². The molecule has 0 spiro atoms. The number of hydrogen-bond donors (Lipinski definition) is 1. The van der Waals surface area contributed by atoms with Crippen LogP contribution in [0.3, 0.4) is 0 Å². The second kappa shape index (κ2) is 20.9. The van der Waals surface area contributed by atoms with E-state index in [-0.39, 0.29) is 28.0 Å². The van der Waals surface area contributed by atoms with Crippen LogP contribution in [0.1, 0.15) is 95.4 Å². The standard InChI is InChI=1S/C41H71F3O9SSi2/c1-28-18-17-19-34(52-55(13,14)39(6,7)8)35(49-12)25-36(37(53-56(15,16)40(9,10)11)26-50-27-54(47,48)41(42,43)44)51-38(46)32(5)24-30(3)22-29(2)23-31(4)33(45)21-20-28/h18,20-24,31,33-37,45H,17,19,25-27H2,1-16H3/b21-20+,28-18+,29-23+,30-22+,32-24+/t31-,33-,34+,35+,36+,37+/m1/s1. The highest BCUT2D eigenvalue weighted by atomic mass is 32.2. The molecule has 1 aliphatic rings. The van der Waals surface area contributed by atoms with Gasteiger partial charge < -0.3 is 28.2 Å². The zero-order valence-electron chi connectivity index (χ0n) is 36.7. The first-order valence-electron chi connectivity index (χ1n) is 19.3. The molecular weight excluding hydrogens is 782 g/mol. The lowest BCUT2D eigenvalue weighted by Gasteiger charge is -2.43. The van der Waals surface area contributed by atoms with Crippen LogP contribution in [0.5, 0.6) is 0 Å². The third kappa shape index (κ3) is 16.4. The lowest BCUT2D eigenvalue weighted by Crippen LogP contribution is -2.52. The molecule has 0 aromatic rings. The zero-order valence-corrected chi connectivity index (χ0v) is 39.5. The van der Waals surface area contributed by atoms with Gasteiger partial charge in [-0.15, -0.1) is 0 Å². The van der Waals surface area contributed by atoms with Crippen LogP contribution in [0.2, 0.25) is 36.3 Å². The van der Waals surface area contributed by atoms with Crippen molar-refractivity contribution in [3.63, 3.8) is 0 Å². The Kier molecular flexibility index (Phi) is 19.5. The van der Waals surface area contributed by atoms with Crippen molar-refractivity contribution in [1.82, 2.24) is 0 Å². The van der Waals surface area contributed by atoms with E-state index in [0.717, 1.165) is 16.7 Å². The first kappa shape index (κ1) is 52.2. The average molecular weight is 853 g/mol. The van der Waals surface area contributed by atoms with E-state index in [9.17, 15) is 31.5 Å². The molecule has 1 aliphatic heterocycles. The highest BCUT2D eigenvalue weighted by Gasteiger charge is 2.47. The minimum atomic E-state index is -5.61. The van der Waals surface area contributed by atoms with Crippen molar-refractivity contribution in [2.24, 2.45) is 5.92 Å². The van der Waals surface area contributed by atoms with E-state index < -0.39 is 81.0 Å². The number of sulfone groups is 1. The number of allylic oxidation sites excluding steroid dienone is 7. The third-order valence-corrected chi connectivity index (χ3v) is 21.2. The van der Waals surface area contributed by atoms with E-state index in [4.69, 9.17) is 23.1 Å². The van der Waals surface area contributed by atoms with Crippen LogP contribution in [0, 0.1) is 5.92 Å². The van der Waals surface area contributed by atoms with E-state index in [2.05, 4.69) is 39.9 Å². The first-order valence-corrected chi connectivity index (χ1v) is 26.8. The van der Waals surface area contributed by atoms with E-state index in [1.54, 1.807) is 19.1 Å². The van der Waals surface area contributed by atoms with Gasteiger partial charge in [0.2, 0.25) is 0 Å². The van der Waals surface area contributed by atoms with Gasteiger partial charge in [-0.05, 0) is 82.9 Å². The number of aliphatic hydroxyl groups is 1. The molecule has 0 aromatic carbocycles. The van der Waals surface area contributed by atoms with Gasteiger partial charge in [0, 0.05) is 25.0 Å². The molecule has 0 fully saturated rings. The molecule has 56 heavy (non-hydrogen) atoms. The fourth-order valence-electron chi connectivity index (χ4n) is 5.46. The molecule has 0 saturated heterocycles. The summed E-state index contributed by atoms with van der Waals surface area (Å²) in [6, 6.07) is 0. The first-order chi connectivity index (χ1) is 25.2. The predicted octanol–water partition coefficient (Wildman–Crippen LogP) is 10.1. The topological polar surface area (TPSA) is 118 Å². The van der Waals surface area contributed by atoms with Gasteiger partial charge >= 0.3 is 11.5 Å². The monoisotopic (exact) mass is 852 g/mol. The van der Waals surface area contributed by atoms with Crippen molar-refractivity contribution in [2.75, 3.05) is 19.7 Å². The quantitative estimate of drug-likeness (QED) is 0.169.